The van der Waals surface area contributed by atoms with Gasteiger partial charge in [-0.25, -0.2) is 4.79 Å². The van der Waals surface area contributed by atoms with Crippen LogP contribution in [0.1, 0.15) is 31.2 Å². The summed E-state index contributed by atoms with van der Waals surface area (Å²) in [5, 5.41) is 24.7. The first kappa shape index (κ1) is 18.5. The first-order valence-electron chi connectivity index (χ1n) is 8.83. The van der Waals surface area contributed by atoms with E-state index in [1.165, 1.54) is 19.3 Å². The molecule has 1 saturated heterocycles. The van der Waals surface area contributed by atoms with E-state index >= 15 is 0 Å². The number of aryl methyl sites for hydroxylation is 1. The number of benzene rings is 1. The second kappa shape index (κ2) is 10.2. The number of nitrogens with zero attached hydrogens (tertiary/aromatic N) is 1. The molecule has 6 heteroatoms. The number of urea groups is 1. The minimum absolute atomic E-state index is 0.238. The van der Waals surface area contributed by atoms with Crippen LogP contribution in [0, 0.1) is 0 Å². The Morgan fingerprint density at radius 3 is 2.54 bits per heavy atom. The van der Waals surface area contributed by atoms with Crippen LogP contribution in [-0.4, -0.2) is 60.0 Å². The molecule has 6 nitrogen and oxygen atoms in total. The average Bonchev–Trinajstić information content (AvgIpc) is 2.59. The largest absolute Gasteiger partial charge is 0.508 e. The summed E-state index contributed by atoms with van der Waals surface area (Å²) in [4.78, 5) is 14.0. The van der Waals surface area contributed by atoms with Crippen molar-refractivity contribution in [2.75, 3.05) is 32.7 Å². The number of carbonyl (C=O) groups is 1. The summed E-state index contributed by atoms with van der Waals surface area (Å²) in [5.74, 6) is 0.263. The summed E-state index contributed by atoms with van der Waals surface area (Å²) in [7, 11) is 0. The van der Waals surface area contributed by atoms with Crippen LogP contribution in [0.4, 0.5) is 4.79 Å². The molecule has 1 heterocycles. The number of carbonyl (C=O) groups excluding carboxylic acids is 1. The quantitative estimate of drug-likeness (QED) is 0.542. The van der Waals surface area contributed by atoms with E-state index in [0.29, 0.717) is 13.1 Å². The van der Waals surface area contributed by atoms with Gasteiger partial charge >= 0.3 is 6.03 Å². The molecule has 2 amide bonds. The molecule has 1 aromatic carbocycles. The van der Waals surface area contributed by atoms with E-state index in [0.717, 1.165) is 31.5 Å². The third-order valence-corrected chi connectivity index (χ3v) is 4.28. The van der Waals surface area contributed by atoms with Crippen molar-refractivity contribution in [1.82, 2.24) is 15.5 Å². The second-order valence-electron chi connectivity index (χ2n) is 6.42. The number of aliphatic hydroxyl groups is 1. The normalized spacial score (nSPS) is 16.5. The molecule has 134 valence electrons. The Labute approximate surface area is 143 Å². The molecule has 0 aliphatic carbocycles. The molecular formula is C18H29N3O3. The average molecular weight is 335 g/mol. The molecule has 2 rings (SSSR count). The summed E-state index contributed by atoms with van der Waals surface area (Å²) in [6, 6.07) is 6.86. The number of hydrogen-bond donors (Lipinski definition) is 4. The molecule has 1 unspecified atom stereocenters. The lowest BCUT2D eigenvalue weighted by molar-refractivity contribution is 0.101. The molecule has 1 atom stereocenters. The number of aromatic hydroxyl groups is 1. The van der Waals surface area contributed by atoms with Gasteiger partial charge in [-0.15, -0.1) is 0 Å². The minimum atomic E-state index is -0.522. The highest BCUT2D eigenvalue weighted by molar-refractivity contribution is 5.73. The predicted molar refractivity (Wildman–Crippen MR) is 94.1 cm³/mol. The summed E-state index contributed by atoms with van der Waals surface area (Å²) in [6.45, 7) is 3.57. The summed E-state index contributed by atoms with van der Waals surface area (Å²) < 4.78 is 0. The topological polar surface area (TPSA) is 84.8 Å². The molecule has 0 radical (unpaired) electrons. The predicted octanol–water partition coefficient (Wildman–Crippen LogP) is 1.47. The Morgan fingerprint density at radius 2 is 1.83 bits per heavy atom. The van der Waals surface area contributed by atoms with E-state index in [9.17, 15) is 15.0 Å². The molecule has 0 saturated carbocycles. The number of rotatable bonds is 8. The fourth-order valence-corrected chi connectivity index (χ4v) is 2.93. The van der Waals surface area contributed by atoms with Gasteiger partial charge in [-0.1, -0.05) is 18.6 Å². The number of likely N-dealkylation sites (tertiary alicyclic amines) is 1. The van der Waals surface area contributed by atoms with Crippen LogP contribution < -0.4 is 10.6 Å². The van der Waals surface area contributed by atoms with E-state index in [1.807, 2.05) is 12.1 Å². The third kappa shape index (κ3) is 7.19. The van der Waals surface area contributed by atoms with Crippen molar-refractivity contribution >= 4 is 6.03 Å². The Bertz CT molecular complexity index is 487. The number of amides is 2. The molecule has 1 aliphatic heterocycles. The summed E-state index contributed by atoms with van der Waals surface area (Å²) >= 11 is 0. The van der Waals surface area contributed by atoms with Crippen LogP contribution in [-0.2, 0) is 6.42 Å². The molecule has 0 bridgehead atoms. The zero-order valence-corrected chi connectivity index (χ0v) is 14.2. The summed E-state index contributed by atoms with van der Waals surface area (Å²) in [5.41, 5.74) is 1.13. The molecule has 0 aromatic heterocycles. The number of hydrogen-bond acceptors (Lipinski definition) is 4. The third-order valence-electron chi connectivity index (χ3n) is 4.28. The van der Waals surface area contributed by atoms with Crippen LogP contribution in [0.15, 0.2) is 24.3 Å². The smallest absolute Gasteiger partial charge is 0.314 e. The number of phenols is 1. The van der Waals surface area contributed by atoms with Gasteiger partial charge in [0.05, 0.1) is 6.10 Å². The maximum Gasteiger partial charge on any atom is 0.314 e. The lowest BCUT2D eigenvalue weighted by atomic mass is 10.1. The number of nitrogens with one attached hydrogen (secondary N) is 2. The van der Waals surface area contributed by atoms with E-state index < -0.39 is 6.10 Å². The van der Waals surface area contributed by atoms with Crippen molar-refractivity contribution in [1.29, 1.82) is 0 Å². The van der Waals surface area contributed by atoms with Crippen LogP contribution in [0.5, 0.6) is 5.75 Å². The SMILES string of the molecule is O=C(NCCCc1ccc(O)cc1)NCC(O)CN1CCCCC1. The van der Waals surface area contributed by atoms with Gasteiger partial charge < -0.3 is 25.7 Å². The lowest BCUT2D eigenvalue weighted by Crippen LogP contribution is -2.44. The van der Waals surface area contributed by atoms with Gasteiger partial charge in [0.25, 0.3) is 0 Å². The fourth-order valence-electron chi connectivity index (χ4n) is 2.93. The Morgan fingerprint density at radius 1 is 1.12 bits per heavy atom. The van der Waals surface area contributed by atoms with Crippen LogP contribution >= 0.6 is 0 Å². The van der Waals surface area contributed by atoms with Crippen molar-refractivity contribution in [2.24, 2.45) is 0 Å². The first-order valence-corrected chi connectivity index (χ1v) is 8.83. The van der Waals surface area contributed by atoms with Gasteiger partial charge in [-0.2, -0.15) is 0 Å². The van der Waals surface area contributed by atoms with Gasteiger partial charge in [-0.3, -0.25) is 0 Å². The highest BCUT2D eigenvalue weighted by atomic mass is 16.3. The van der Waals surface area contributed by atoms with Gasteiger partial charge in [0, 0.05) is 19.6 Å². The zero-order chi connectivity index (χ0) is 17.2. The zero-order valence-electron chi connectivity index (χ0n) is 14.2. The van der Waals surface area contributed by atoms with Crippen LogP contribution in [0.25, 0.3) is 0 Å². The highest BCUT2D eigenvalue weighted by Crippen LogP contribution is 2.11. The van der Waals surface area contributed by atoms with Crippen molar-refractivity contribution in [3.05, 3.63) is 29.8 Å². The van der Waals surface area contributed by atoms with Crippen LogP contribution in [0.3, 0.4) is 0 Å². The molecule has 1 aromatic rings. The molecular weight excluding hydrogens is 306 g/mol. The standard InChI is InChI=1S/C18H29N3O3/c22-16-8-6-15(7-9-16)5-4-10-19-18(24)20-13-17(23)14-21-11-2-1-3-12-21/h6-9,17,22-23H,1-5,10-14H2,(H2,19,20,24). The Hall–Kier alpha value is -1.79. The van der Waals surface area contributed by atoms with Crippen molar-refractivity contribution < 1.29 is 15.0 Å². The number of aliphatic hydroxyl groups excluding tert-OH is 1. The molecule has 1 aliphatic rings. The van der Waals surface area contributed by atoms with Gasteiger partial charge in [0.15, 0.2) is 0 Å². The molecule has 24 heavy (non-hydrogen) atoms. The van der Waals surface area contributed by atoms with Gasteiger partial charge in [0.1, 0.15) is 5.75 Å². The van der Waals surface area contributed by atoms with Crippen molar-refractivity contribution in [3.8, 4) is 5.75 Å². The van der Waals surface area contributed by atoms with Crippen molar-refractivity contribution in [2.45, 2.75) is 38.2 Å². The maximum absolute atomic E-state index is 11.7. The maximum atomic E-state index is 11.7. The van der Waals surface area contributed by atoms with E-state index in [1.54, 1.807) is 12.1 Å². The highest BCUT2D eigenvalue weighted by Gasteiger charge is 2.14. The first-order chi connectivity index (χ1) is 11.6. The number of phenolic OH excluding ortho intramolecular Hbond substituents is 1. The van der Waals surface area contributed by atoms with E-state index in [2.05, 4.69) is 15.5 Å². The molecule has 0 spiro atoms. The summed E-state index contributed by atoms with van der Waals surface area (Å²) in [6.07, 6.45) is 4.82. The molecule has 1 fully saturated rings. The Kier molecular flexibility index (Phi) is 7.85. The minimum Gasteiger partial charge on any atom is -0.508 e. The van der Waals surface area contributed by atoms with Crippen molar-refractivity contribution in [3.63, 3.8) is 0 Å². The number of β-amino-alcohol motifs (C(OH)–C–C–N with tert-alkyl or cyclic N) is 1. The Balaban J connectivity index is 1.52. The second-order valence-corrected chi connectivity index (χ2v) is 6.42. The van der Waals surface area contributed by atoms with Gasteiger partial charge in [-0.05, 0) is 56.5 Å². The van der Waals surface area contributed by atoms with Crippen LogP contribution in [0.2, 0.25) is 0 Å². The van der Waals surface area contributed by atoms with E-state index in [-0.39, 0.29) is 18.3 Å². The van der Waals surface area contributed by atoms with E-state index in [4.69, 9.17) is 0 Å². The molecule has 4 N–H and O–H groups in total. The fraction of sp³-hybridized carbons (Fsp3) is 0.611. The van der Waals surface area contributed by atoms with Gasteiger partial charge in [0.2, 0.25) is 0 Å². The lowest BCUT2D eigenvalue weighted by Gasteiger charge is -2.28. The monoisotopic (exact) mass is 335 g/mol. The number of piperidine rings is 1.